The van der Waals surface area contributed by atoms with Crippen LogP contribution in [0.4, 0.5) is 0 Å². The van der Waals surface area contributed by atoms with E-state index < -0.39 is 0 Å². The molecule has 0 atom stereocenters. The Hall–Kier alpha value is 0.310. The second-order valence-electron chi connectivity index (χ2n) is 5.21. The summed E-state index contributed by atoms with van der Waals surface area (Å²) in [5.41, 5.74) is 0. The van der Waals surface area contributed by atoms with Crippen LogP contribution in [0.25, 0.3) is 0 Å². The quantitative estimate of drug-likeness (QED) is 0.423. The number of halogens is 1. The molecule has 0 unspecified atom stereocenters. The molecule has 6 heteroatoms. The number of hydrogen-bond acceptors (Lipinski definition) is 3. The second-order valence-corrected chi connectivity index (χ2v) is 6.77. The third-order valence-corrected chi connectivity index (χ3v) is 5.46. The highest BCUT2D eigenvalue weighted by molar-refractivity contribution is 14.0. The summed E-state index contributed by atoms with van der Waals surface area (Å²) in [6.45, 7) is 2.93. The Labute approximate surface area is 137 Å². The molecule has 0 radical (unpaired) electrons. The molecular formula is C13H26IN3OS. The monoisotopic (exact) mass is 399 g/mol. The Morgan fingerprint density at radius 1 is 1.37 bits per heavy atom. The predicted molar refractivity (Wildman–Crippen MR) is 93.7 cm³/mol. The third-order valence-electron chi connectivity index (χ3n) is 3.92. The summed E-state index contributed by atoms with van der Waals surface area (Å²) in [5.74, 6) is 2.15. The third kappa shape index (κ3) is 4.67. The Kier molecular flexibility index (Phi) is 7.83. The highest BCUT2D eigenvalue weighted by Gasteiger charge is 2.37. The highest BCUT2D eigenvalue weighted by Crippen LogP contribution is 2.42. The Morgan fingerprint density at radius 3 is 2.74 bits per heavy atom. The smallest absolute Gasteiger partial charge is 0.193 e. The molecule has 4 nitrogen and oxygen atoms in total. The van der Waals surface area contributed by atoms with Crippen molar-refractivity contribution in [2.24, 2.45) is 4.99 Å². The lowest BCUT2D eigenvalue weighted by atomic mass is 9.87. The van der Waals surface area contributed by atoms with Gasteiger partial charge in [0.15, 0.2) is 5.96 Å². The fourth-order valence-corrected chi connectivity index (χ4v) is 4.59. The van der Waals surface area contributed by atoms with Crippen LogP contribution < -0.4 is 5.32 Å². The molecule has 1 heterocycles. The van der Waals surface area contributed by atoms with Gasteiger partial charge >= 0.3 is 0 Å². The van der Waals surface area contributed by atoms with E-state index in [1.54, 1.807) is 0 Å². The van der Waals surface area contributed by atoms with Gasteiger partial charge in [0.05, 0.1) is 6.61 Å². The van der Waals surface area contributed by atoms with E-state index in [1.165, 1.54) is 37.9 Å². The molecule has 1 aliphatic carbocycles. The molecule has 1 aliphatic heterocycles. The van der Waals surface area contributed by atoms with E-state index in [0.717, 1.165) is 19.0 Å². The Bertz CT molecular complexity index is 290. The molecule has 112 valence electrons. The van der Waals surface area contributed by atoms with Gasteiger partial charge in [-0.1, -0.05) is 19.3 Å². The molecule has 0 amide bonds. The first-order chi connectivity index (χ1) is 8.79. The molecule has 2 rings (SSSR count). The van der Waals surface area contributed by atoms with Gasteiger partial charge in [-0.05, 0) is 12.8 Å². The number of hydrogen-bond donors (Lipinski definition) is 2. The van der Waals surface area contributed by atoms with Gasteiger partial charge < -0.3 is 15.3 Å². The van der Waals surface area contributed by atoms with Crippen LogP contribution in [0.15, 0.2) is 4.99 Å². The number of aliphatic imine (C=N–C) groups is 1. The van der Waals surface area contributed by atoms with Crippen LogP contribution in [0.3, 0.4) is 0 Å². The topological polar surface area (TPSA) is 47.9 Å². The zero-order chi connectivity index (χ0) is 12.8. The number of aliphatic hydroxyl groups excluding tert-OH is 1. The van der Waals surface area contributed by atoms with Gasteiger partial charge in [0.1, 0.15) is 0 Å². The minimum atomic E-state index is 0. The molecule has 2 fully saturated rings. The Balaban J connectivity index is 0.00000180. The average Bonchev–Trinajstić information content (AvgIpc) is 2.41. The van der Waals surface area contributed by atoms with Crippen LogP contribution >= 0.6 is 35.7 Å². The van der Waals surface area contributed by atoms with Gasteiger partial charge in [-0.3, -0.25) is 4.99 Å². The number of rotatable bonds is 2. The lowest BCUT2D eigenvalue weighted by Crippen LogP contribution is -2.53. The molecule has 0 aromatic heterocycles. The first-order valence-electron chi connectivity index (χ1n) is 7.00. The molecule has 2 N–H and O–H groups in total. The van der Waals surface area contributed by atoms with Crippen molar-refractivity contribution in [2.45, 2.75) is 36.9 Å². The Morgan fingerprint density at radius 2 is 2.11 bits per heavy atom. The molecule has 19 heavy (non-hydrogen) atoms. The number of thioether (sulfide) groups is 1. The van der Waals surface area contributed by atoms with Crippen molar-refractivity contribution in [1.82, 2.24) is 10.2 Å². The molecule has 0 aromatic carbocycles. The van der Waals surface area contributed by atoms with Crippen LogP contribution in [0.2, 0.25) is 0 Å². The first-order valence-corrected chi connectivity index (χ1v) is 7.99. The lowest BCUT2D eigenvalue weighted by Gasteiger charge is -2.45. The van der Waals surface area contributed by atoms with E-state index in [9.17, 15) is 0 Å². The van der Waals surface area contributed by atoms with Gasteiger partial charge in [0.25, 0.3) is 0 Å². The molecule has 2 aliphatic rings. The van der Waals surface area contributed by atoms with Gasteiger partial charge in [0.2, 0.25) is 0 Å². The summed E-state index contributed by atoms with van der Waals surface area (Å²) < 4.78 is 0.466. The van der Waals surface area contributed by atoms with Crippen molar-refractivity contribution < 1.29 is 5.11 Å². The summed E-state index contributed by atoms with van der Waals surface area (Å²) in [7, 11) is 1.83. The zero-order valence-corrected chi connectivity index (χ0v) is 14.9. The maximum Gasteiger partial charge on any atom is 0.193 e. The largest absolute Gasteiger partial charge is 0.395 e. The maximum absolute atomic E-state index is 8.91. The van der Waals surface area contributed by atoms with Crippen molar-refractivity contribution >= 4 is 41.7 Å². The van der Waals surface area contributed by atoms with E-state index in [-0.39, 0.29) is 30.6 Å². The van der Waals surface area contributed by atoms with Crippen molar-refractivity contribution in [2.75, 3.05) is 39.0 Å². The standard InChI is InChI=1S/C13H25N3OS.HI/c1-14-12(15-7-9-17)16-8-10-18-13(11-16)5-3-2-4-6-13;/h17H,2-11H2,1H3,(H,14,15);1H. The van der Waals surface area contributed by atoms with E-state index in [4.69, 9.17) is 5.11 Å². The number of nitrogens with one attached hydrogen (secondary N) is 1. The summed E-state index contributed by atoms with van der Waals surface area (Å²) in [5, 5.41) is 12.1. The van der Waals surface area contributed by atoms with Gasteiger partial charge in [-0.25, -0.2) is 0 Å². The summed E-state index contributed by atoms with van der Waals surface area (Å²) in [6.07, 6.45) is 6.86. The van der Waals surface area contributed by atoms with E-state index in [0.29, 0.717) is 11.3 Å². The number of nitrogens with zero attached hydrogens (tertiary/aromatic N) is 2. The van der Waals surface area contributed by atoms with Gasteiger partial charge in [-0.15, -0.1) is 24.0 Å². The minimum absolute atomic E-state index is 0. The minimum Gasteiger partial charge on any atom is -0.395 e. The molecular weight excluding hydrogens is 373 g/mol. The summed E-state index contributed by atoms with van der Waals surface area (Å²) >= 11 is 2.17. The van der Waals surface area contributed by atoms with Crippen molar-refractivity contribution in [3.05, 3.63) is 0 Å². The summed E-state index contributed by atoms with van der Waals surface area (Å²) in [6, 6.07) is 0. The molecule has 0 aromatic rings. The van der Waals surface area contributed by atoms with Crippen LogP contribution in [0.1, 0.15) is 32.1 Å². The normalized spacial score (nSPS) is 23.1. The predicted octanol–water partition coefficient (Wildman–Crippen LogP) is 1.92. The molecule has 1 saturated heterocycles. The second kappa shape index (κ2) is 8.56. The van der Waals surface area contributed by atoms with Crippen LogP contribution in [0, 0.1) is 0 Å². The number of aliphatic hydroxyl groups is 1. The van der Waals surface area contributed by atoms with Crippen molar-refractivity contribution in [3.63, 3.8) is 0 Å². The van der Waals surface area contributed by atoms with Crippen LogP contribution in [0.5, 0.6) is 0 Å². The fraction of sp³-hybridized carbons (Fsp3) is 0.923. The SMILES string of the molecule is CN=C(NCCO)N1CCSC2(CCCCC2)C1.I. The van der Waals surface area contributed by atoms with Crippen molar-refractivity contribution in [3.8, 4) is 0 Å². The van der Waals surface area contributed by atoms with E-state index in [1.807, 2.05) is 7.05 Å². The van der Waals surface area contributed by atoms with Crippen LogP contribution in [-0.2, 0) is 0 Å². The zero-order valence-electron chi connectivity index (χ0n) is 11.7. The van der Waals surface area contributed by atoms with E-state index in [2.05, 4.69) is 27.0 Å². The molecule has 0 bridgehead atoms. The van der Waals surface area contributed by atoms with Gasteiger partial charge in [-0.2, -0.15) is 11.8 Å². The van der Waals surface area contributed by atoms with Gasteiger partial charge in [0, 0.05) is 37.2 Å². The highest BCUT2D eigenvalue weighted by atomic mass is 127. The lowest BCUT2D eigenvalue weighted by molar-refractivity contribution is 0.281. The molecule has 1 saturated carbocycles. The maximum atomic E-state index is 8.91. The average molecular weight is 399 g/mol. The fourth-order valence-electron chi connectivity index (χ4n) is 3.02. The van der Waals surface area contributed by atoms with Crippen LogP contribution in [-0.4, -0.2) is 59.8 Å². The molecule has 1 spiro atoms. The summed E-state index contributed by atoms with van der Waals surface area (Å²) in [4.78, 5) is 6.71. The van der Waals surface area contributed by atoms with Crippen molar-refractivity contribution in [1.29, 1.82) is 0 Å². The van der Waals surface area contributed by atoms with E-state index >= 15 is 0 Å². The first kappa shape index (κ1) is 17.4. The number of guanidine groups is 1.